The van der Waals surface area contributed by atoms with Gasteiger partial charge in [-0.25, -0.2) is 0 Å². The third-order valence-corrected chi connectivity index (χ3v) is 4.45. The number of amides is 1. The van der Waals surface area contributed by atoms with Crippen LogP contribution in [-0.2, 0) is 11.3 Å². The normalized spacial score (nSPS) is 12.2. The number of hydrogen-bond acceptors (Lipinski definition) is 3. The highest BCUT2D eigenvalue weighted by Crippen LogP contribution is 2.29. The smallest absolute Gasteiger partial charge is 0.221 e. The van der Waals surface area contributed by atoms with E-state index >= 15 is 0 Å². The molecule has 0 aliphatic carbocycles. The van der Waals surface area contributed by atoms with Crippen LogP contribution < -0.4 is 10.6 Å². The van der Waals surface area contributed by atoms with E-state index in [1.54, 1.807) is 12.1 Å². The lowest BCUT2D eigenvalue weighted by Crippen LogP contribution is -2.33. The first kappa shape index (κ1) is 18.8. The molecule has 24 heavy (non-hydrogen) atoms. The summed E-state index contributed by atoms with van der Waals surface area (Å²) >= 11 is 11.9. The minimum atomic E-state index is 0.0628. The zero-order valence-electron chi connectivity index (χ0n) is 13.9. The maximum Gasteiger partial charge on any atom is 0.221 e. The van der Waals surface area contributed by atoms with Crippen LogP contribution in [0.2, 0.25) is 10.0 Å². The number of rotatable bonds is 8. The first-order valence-corrected chi connectivity index (χ1v) is 8.79. The Hall–Kier alpha value is -1.49. The van der Waals surface area contributed by atoms with Crippen LogP contribution in [0.4, 0.5) is 0 Å². The summed E-state index contributed by atoms with van der Waals surface area (Å²) in [6, 6.07) is 9.41. The van der Waals surface area contributed by atoms with Crippen LogP contribution in [0.1, 0.15) is 32.4 Å². The van der Waals surface area contributed by atoms with Crippen molar-refractivity contribution in [2.45, 2.75) is 39.3 Å². The quantitative estimate of drug-likeness (QED) is 0.666. The standard InChI is InChI=1S/C18H22Cl2N2O2/c1-3-12(2)22-18(23)8-9-21-11-14-5-7-17(24-14)13-4-6-15(19)16(20)10-13/h4-7,10,12,21H,3,8-9,11H2,1-2H3,(H,22,23). The van der Waals surface area contributed by atoms with Crippen molar-refractivity contribution in [1.29, 1.82) is 0 Å². The fourth-order valence-electron chi connectivity index (χ4n) is 2.14. The molecule has 0 spiro atoms. The molecule has 0 saturated carbocycles. The fourth-order valence-corrected chi connectivity index (χ4v) is 2.44. The Morgan fingerprint density at radius 3 is 2.71 bits per heavy atom. The summed E-state index contributed by atoms with van der Waals surface area (Å²) in [5, 5.41) is 7.16. The Morgan fingerprint density at radius 1 is 1.21 bits per heavy atom. The summed E-state index contributed by atoms with van der Waals surface area (Å²) < 4.78 is 5.79. The van der Waals surface area contributed by atoms with Crippen molar-refractivity contribution in [3.05, 3.63) is 46.1 Å². The number of carbonyl (C=O) groups excluding carboxylic acids is 1. The monoisotopic (exact) mass is 368 g/mol. The molecule has 1 aromatic carbocycles. The Morgan fingerprint density at radius 2 is 2.00 bits per heavy atom. The molecule has 1 aromatic heterocycles. The van der Waals surface area contributed by atoms with Gasteiger partial charge >= 0.3 is 0 Å². The zero-order valence-corrected chi connectivity index (χ0v) is 15.4. The molecule has 2 aromatic rings. The van der Waals surface area contributed by atoms with Crippen molar-refractivity contribution >= 4 is 29.1 Å². The van der Waals surface area contributed by atoms with Gasteiger partial charge in [-0.3, -0.25) is 4.79 Å². The van der Waals surface area contributed by atoms with Crippen molar-refractivity contribution < 1.29 is 9.21 Å². The molecule has 6 heteroatoms. The largest absolute Gasteiger partial charge is 0.460 e. The lowest BCUT2D eigenvalue weighted by molar-refractivity contribution is -0.121. The second-order valence-electron chi connectivity index (χ2n) is 5.70. The predicted molar refractivity (Wildman–Crippen MR) is 98.4 cm³/mol. The van der Waals surface area contributed by atoms with Gasteiger partial charge in [-0.2, -0.15) is 0 Å². The van der Waals surface area contributed by atoms with Crippen LogP contribution in [0.5, 0.6) is 0 Å². The first-order valence-electron chi connectivity index (χ1n) is 8.03. The zero-order chi connectivity index (χ0) is 17.5. The SMILES string of the molecule is CCC(C)NC(=O)CCNCc1ccc(-c2ccc(Cl)c(Cl)c2)o1. The molecule has 1 amide bonds. The summed E-state index contributed by atoms with van der Waals surface area (Å²) in [5.74, 6) is 1.60. The van der Waals surface area contributed by atoms with Gasteiger partial charge in [0.15, 0.2) is 0 Å². The van der Waals surface area contributed by atoms with Crippen LogP contribution in [0, 0.1) is 0 Å². The van der Waals surface area contributed by atoms with E-state index in [1.165, 1.54) is 0 Å². The van der Waals surface area contributed by atoms with E-state index in [4.69, 9.17) is 27.6 Å². The van der Waals surface area contributed by atoms with Crippen LogP contribution in [0.3, 0.4) is 0 Å². The highest BCUT2D eigenvalue weighted by molar-refractivity contribution is 6.42. The molecule has 0 fully saturated rings. The molecular weight excluding hydrogens is 347 g/mol. The minimum absolute atomic E-state index is 0.0628. The summed E-state index contributed by atoms with van der Waals surface area (Å²) in [5.41, 5.74) is 0.878. The van der Waals surface area contributed by atoms with Crippen LogP contribution in [-0.4, -0.2) is 18.5 Å². The highest BCUT2D eigenvalue weighted by Gasteiger charge is 2.08. The Labute approximate surface area is 152 Å². The summed E-state index contributed by atoms with van der Waals surface area (Å²) in [6.07, 6.45) is 1.38. The molecule has 1 heterocycles. The lowest BCUT2D eigenvalue weighted by Gasteiger charge is -2.11. The molecule has 0 bridgehead atoms. The van der Waals surface area contributed by atoms with Gasteiger partial charge in [0.2, 0.25) is 5.91 Å². The molecule has 0 radical (unpaired) electrons. The summed E-state index contributed by atoms with van der Waals surface area (Å²) in [6.45, 7) is 5.22. The van der Waals surface area contributed by atoms with Crippen molar-refractivity contribution in [1.82, 2.24) is 10.6 Å². The Balaban J connectivity index is 1.80. The van der Waals surface area contributed by atoms with Gasteiger partial charge in [-0.1, -0.05) is 30.1 Å². The number of furan rings is 1. The number of halogens is 2. The minimum Gasteiger partial charge on any atom is -0.460 e. The number of nitrogens with one attached hydrogen (secondary N) is 2. The maximum absolute atomic E-state index is 11.7. The van der Waals surface area contributed by atoms with Crippen molar-refractivity contribution in [3.8, 4) is 11.3 Å². The van der Waals surface area contributed by atoms with E-state index in [0.717, 1.165) is 23.5 Å². The number of benzene rings is 1. The van der Waals surface area contributed by atoms with Crippen LogP contribution >= 0.6 is 23.2 Å². The third kappa shape index (κ3) is 5.55. The molecule has 2 rings (SSSR count). The molecule has 2 N–H and O–H groups in total. The topological polar surface area (TPSA) is 54.3 Å². The summed E-state index contributed by atoms with van der Waals surface area (Å²) in [7, 11) is 0. The van der Waals surface area contributed by atoms with E-state index in [9.17, 15) is 4.79 Å². The van der Waals surface area contributed by atoms with Gasteiger partial charge in [0.1, 0.15) is 11.5 Å². The van der Waals surface area contributed by atoms with Crippen molar-refractivity contribution in [2.24, 2.45) is 0 Å². The Bertz CT molecular complexity index is 685. The highest BCUT2D eigenvalue weighted by atomic mass is 35.5. The summed E-state index contributed by atoms with van der Waals surface area (Å²) in [4.78, 5) is 11.7. The lowest BCUT2D eigenvalue weighted by atomic mass is 10.2. The fraction of sp³-hybridized carbons (Fsp3) is 0.389. The molecule has 130 valence electrons. The van der Waals surface area contributed by atoms with Crippen molar-refractivity contribution in [2.75, 3.05) is 6.54 Å². The van der Waals surface area contributed by atoms with E-state index < -0.39 is 0 Å². The Kier molecular flexibility index (Phi) is 7.16. The maximum atomic E-state index is 11.7. The number of hydrogen-bond donors (Lipinski definition) is 2. The van der Waals surface area contributed by atoms with Gasteiger partial charge in [0.25, 0.3) is 0 Å². The first-order chi connectivity index (χ1) is 11.5. The second kappa shape index (κ2) is 9.11. The third-order valence-electron chi connectivity index (χ3n) is 3.71. The molecular formula is C18H22Cl2N2O2. The van der Waals surface area contributed by atoms with E-state index in [2.05, 4.69) is 10.6 Å². The molecule has 0 saturated heterocycles. The van der Waals surface area contributed by atoms with Gasteiger partial charge in [-0.05, 0) is 43.7 Å². The van der Waals surface area contributed by atoms with E-state index in [0.29, 0.717) is 29.6 Å². The van der Waals surface area contributed by atoms with Gasteiger partial charge in [0.05, 0.1) is 16.6 Å². The molecule has 1 atom stereocenters. The van der Waals surface area contributed by atoms with Gasteiger partial charge in [-0.15, -0.1) is 0 Å². The molecule has 0 aliphatic rings. The predicted octanol–water partition coefficient (Wildman–Crippen LogP) is 4.65. The molecule has 0 aliphatic heterocycles. The van der Waals surface area contributed by atoms with E-state index in [-0.39, 0.29) is 11.9 Å². The van der Waals surface area contributed by atoms with Gasteiger partial charge < -0.3 is 15.1 Å². The van der Waals surface area contributed by atoms with Crippen molar-refractivity contribution in [3.63, 3.8) is 0 Å². The molecule has 4 nitrogen and oxygen atoms in total. The van der Waals surface area contributed by atoms with Crippen LogP contribution in [0.25, 0.3) is 11.3 Å². The number of carbonyl (C=O) groups is 1. The second-order valence-corrected chi connectivity index (χ2v) is 6.51. The average molecular weight is 369 g/mol. The molecule has 1 unspecified atom stereocenters. The average Bonchev–Trinajstić information content (AvgIpc) is 3.03. The van der Waals surface area contributed by atoms with Crippen LogP contribution in [0.15, 0.2) is 34.7 Å². The van der Waals surface area contributed by atoms with Gasteiger partial charge in [0, 0.05) is 24.6 Å². The van der Waals surface area contributed by atoms with E-state index in [1.807, 2.05) is 32.0 Å².